The van der Waals surface area contributed by atoms with E-state index in [1.165, 1.54) is 4.90 Å². The summed E-state index contributed by atoms with van der Waals surface area (Å²) in [6, 6.07) is -1.22. The highest BCUT2D eigenvalue weighted by Gasteiger charge is 2.57. The lowest BCUT2D eigenvalue weighted by atomic mass is 9.71. The Balaban J connectivity index is 3.12. The number of rotatable bonds is 4. The highest BCUT2D eigenvalue weighted by molar-refractivity contribution is 5.92. The van der Waals surface area contributed by atoms with Crippen molar-refractivity contribution in [3.63, 3.8) is 0 Å². The number of hydrogen-bond acceptors (Lipinski definition) is 4. The van der Waals surface area contributed by atoms with Gasteiger partial charge in [0, 0.05) is 6.54 Å². The lowest BCUT2D eigenvalue weighted by Gasteiger charge is -2.45. The molecule has 7 heteroatoms. The molecule has 114 valence electrons. The van der Waals surface area contributed by atoms with Crippen LogP contribution in [0.2, 0.25) is 0 Å². The zero-order valence-corrected chi connectivity index (χ0v) is 12.0. The molecule has 0 radical (unpaired) electrons. The predicted octanol–water partition coefficient (Wildman–Crippen LogP) is 0.280. The number of aliphatic carboxylic acids is 2. The molecular formula is C13H22N2O5. The van der Waals surface area contributed by atoms with Crippen LogP contribution in [0.5, 0.6) is 0 Å². The van der Waals surface area contributed by atoms with Crippen LogP contribution in [0, 0.1) is 5.41 Å². The third-order valence-corrected chi connectivity index (χ3v) is 3.95. The molecular weight excluding hydrogens is 264 g/mol. The van der Waals surface area contributed by atoms with Crippen molar-refractivity contribution in [2.24, 2.45) is 11.1 Å². The van der Waals surface area contributed by atoms with Crippen molar-refractivity contribution in [3.8, 4) is 0 Å². The van der Waals surface area contributed by atoms with Gasteiger partial charge in [0.25, 0.3) is 0 Å². The molecule has 1 heterocycles. The molecule has 1 fully saturated rings. The number of hydrogen-bond donors (Lipinski definition) is 3. The molecule has 0 aromatic rings. The number of carbonyl (C=O) groups is 3. The van der Waals surface area contributed by atoms with Gasteiger partial charge in [0.15, 0.2) is 0 Å². The van der Waals surface area contributed by atoms with Crippen molar-refractivity contribution in [1.29, 1.82) is 0 Å². The second kappa shape index (κ2) is 5.40. The molecule has 1 rings (SSSR count). The smallest absolute Gasteiger partial charge is 0.330 e. The van der Waals surface area contributed by atoms with Gasteiger partial charge in [-0.1, -0.05) is 20.8 Å². The minimum Gasteiger partial charge on any atom is -0.481 e. The highest BCUT2D eigenvalue weighted by Crippen LogP contribution is 2.44. The fourth-order valence-corrected chi connectivity index (χ4v) is 2.92. The summed E-state index contributed by atoms with van der Waals surface area (Å²) < 4.78 is 0. The maximum Gasteiger partial charge on any atom is 0.330 e. The van der Waals surface area contributed by atoms with Crippen LogP contribution >= 0.6 is 0 Å². The summed E-state index contributed by atoms with van der Waals surface area (Å²) in [4.78, 5) is 36.0. The summed E-state index contributed by atoms with van der Waals surface area (Å²) >= 11 is 0. The van der Waals surface area contributed by atoms with Crippen LogP contribution < -0.4 is 5.73 Å². The van der Waals surface area contributed by atoms with Crippen LogP contribution in [0.15, 0.2) is 0 Å². The molecule has 0 unspecified atom stereocenters. The highest BCUT2D eigenvalue weighted by atomic mass is 16.4. The van der Waals surface area contributed by atoms with Crippen LogP contribution in [0.25, 0.3) is 0 Å². The summed E-state index contributed by atoms with van der Waals surface area (Å²) in [6.45, 7) is 5.57. The van der Waals surface area contributed by atoms with Crippen LogP contribution in [0.3, 0.4) is 0 Å². The first-order chi connectivity index (χ1) is 9.04. The van der Waals surface area contributed by atoms with Crippen molar-refractivity contribution < 1.29 is 24.6 Å². The van der Waals surface area contributed by atoms with Gasteiger partial charge in [-0.25, -0.2) is 4.79 Å². The van der Waals surface area contributed by atoms with Gasteiger partial charge in [-0.3, -0.25) is 9.59 Å². The minimum absolute atomic E-state index is 0.287. The van der Waals surface area contributed by atoms with E-state index < -0.39 is 41.3 Å². The van der Waals surface area contributed by atoms with Gasteiger partial charge in [0.1, 0.15) is 5.54 Å². The number of amides is 1. The first kappa shape index (κ1) is 16.4. The summed E-state index contributed by atoms with van der Waals surface area (Å²) in [5.41, 5.74) is 3.59. The molecule has 0 aromatic heterocycles. The lowest BCUT2D eigenvalue weighted by Crippen LogP contribution is -2.63. The van der Waals surface area contributed by atoms with Crippen molar-refractivity contribution in [1.82, 2.24) is 4.90 Å². The molecule has 0 saturated carbocycles. The Morgan fingerprint density at radius 2 is 1.85 bits per heavy atom. The number of carbonyl (C=O) groups excluding carboxylic acids is 1. The van der Waals surface area contributed by atoms with Crippen LogP contribution in [0.4, 0.5) is 0 Å². The monoisotopic (exact) mass is 286 g/mol. The van der Waals surface area contributed by atoms with Crippen LogP contribution in [0.1, 0.15) is 40.0 Å². The topological polar surface area (TPSA) is 121 Å². The number of nitrogens with zero attached hydrogens (tertiary/aromatic N) is 1. The number of nitrogens with two attached hydrogens (primary N) is 1. The molecule has 1 aliphatic rings. The van der Waals surface area contributed by atoms with E-state index in [-0.39, 0.29) is 6.54 Å². The standard InChI is InChI=1S/C13H22N2O5/c1-12(2,3)13(11(19)20)5-4-6-15(13)10(18)8(14)7-9(16)17/h8H,4-7,14H2,1-3H3,(H,16,17)(H,19,20)/t8-,13-/m0/s1. The predicted molar refractivity (Wildman–Crippen MR) is 71.0 cm³/mol. The summed E-state index contributed by atoms with van der Waals surface area (Å²) in [6.07, 6.45) is 0.404. The maximum absolute atomic E-state index is 12.3. The van der Waals surface area contributed by atoms with E-state index in [0.717, 1.165) is 0 Å². The van der Waals surface area contributed by atoms with Gasteiger partial charge < -0.3 is 20.8 Å². The zero-order valence-electron chi connectivity index (χ0n) is 12.0. The number of carboxylic acid groups (broad SMARTS) is 2. The third kappa shape index (κ3) is 2.63. The molecule has 0 bridgehead atoms. The van der Waals surface area contributed by atoms with Crippen molar-refractivity contribution in [3.05, 3.63) is 0 Å². The molecule has 0 aromatic carbocycles. The molecule has 0 spiro atoms. The normalized spacial score (nSPS) is 24.5. The zero-order chi connectivity index (χ0) is 15.7. The van der Waals surface area contributed by atoms with E-state index in [1.807, 2.05) is 0 Å². The van der Waals surface area contributed by atoms with E-state index in [0.29, 0.717) is 12.8 Å². The average molecular weight is 286 g/mol. The van der Waals surface area contributed by atoms with E-state index in [1.54, 1.807) is 20.8 Å². The second-order valence-corrected chi connectivity index (χ2v) is 6.21. The first-order valence-corrected chi connectivity index (χ1v) is 6.56. The molecule has 0 aliphatic carbocycles. The number of likely N-dealkylation sites (tertiary alicyclic amines) is 1. The molecule has 2 atom stereocenters. The molecule has 7 nitrogen and oxygen atoms in total. The summed E-state index contributed by atoms with van der Waals surface area (Å²) in [5.74, 6) is -2.86. The molecule has 1 saturated heterocycles. The van der Waals surface area contributed by atoms with E-state index >= 15 is 0 Å². The van der Waals surface area contributed by atoms with Gasteiger partial charge in [0.2, 0.25) is 5.91 Å². The van der Waals surface area contributed by atoms with E-state index in [4.69, 9.17) is 10.8 Å². The fourth-order valence-electron chi connectivity index (χ4n) is 2.92. The van der Waals surface area contributed by atoms with Crippen LogP contribution in [-0.4, -0.2) is 51.1 Å². The van der Waals surface area contributed by atoms with E-state index in [9.17, 15) is 19.5 Å². The Morgan fingerprint density at radius 1 is 1.30 bits per heavy atom. The Labute approximate surface area is 117 Å². The third-order valence-electron chi connectivity index (χ3n) is 3.95. The van der Waals surface area contributed by atoms with Crippen LogP contribution in [-0.2, 0) is 14.4 Å². The van der Waals surface area contributed by atoms with Crippen molar-refractivity contribution >= 4 is 17.8 Å². The quantitative estimate of drug-likeness (QED) is 0.682. The lowest BCUT2D eigenvalue weighted by molar-refractivity contribution is -0.165. The number of carboxylic acids is 2. The van der Waals surface area contributed by atoms with E-state index in [2.05, 4.69) is 0 Å². The Bertz CT molecular complexity index is 429. The second-order valence-electron chi connectivity index (χ2n) is 6.21. The van der Waals surface area contributed by atoms with Gasteiger partial charge in [-0.15, -0.1) is 0 Å². The largest absolute Gasteiger partial charge is 0.481 e. The molecule has 1 aliphatic heterocycles. The summed E-state index contributed by atoms with van der Waals surface area (Å²) in [5, 5.41) is 18.3. The van der Waals surface area contributed by atoms with Gasteiger partial charge >= 0.3 is 11.9 Å². The average Bonchev–Trinajstić information content (AvgIpc) is 2.71. The SMILES string of the molecule is CC(C)(C)[C@@]1(C(=O)O)CCCN1C(=O)[C@@H](N)CC(=O)O. The Morgan fingerprint density at radius 3 is 2.25 bits per heavy atom. The van der Waals surface area contributed by atoms with Crippen molar-refractivity contribution in [2.75, 3.05) is 6.54 Å². The van der Waals surface area contributed by atoms with Gasteiger partial charge in [-0.2, -0.15) is 0 Å². The van der Waals surface area contributed by atoms with Gasteiger partial charge in [0.05, 0.1) is 12.5 Å². The molecule has 1 amide bonds. The Hall–Kier alpha value is -1.63. The Kier molecular flexibility index (Phi) is 4.43. The maximum atomic E-state index is 12.3. The summed E-state index contributed by atoms with van der Waals surface area (Å²) in [7, 11) is 0. The van der Waals surface area contributed by atoms with Gasteiger partial charge in [-0.05, 0) is 18.3 Å². The van der Waals surface area contributed by atoms with Crippen molar-refractivity contribution in [2.45, 2.75) is 51.6 Å². The fraction of sp³-hybridized carbons (Fsp3) is 0.769. The minimum atomic E-state index is -1.33. The molecule has 4 N–H and O–H groups in total. The molecule has 20 heavy (non-hydrogen) atoms. The first-order valence-electron chi connectivity index (χ1n) is 6.56.